The van der Waals surface area contributed by atoms with Crippen LogP contribution in [0.3, 0.4) is 0 Å². The second-order valence-electron chi connectivity index (χ2n) is 10.2. The number of aliphatic hydroxyl groups is 1. The lowest BCUT2D eigenvalue weighted by molar-refractivity contribution is -0.0123. The van der Waals surface area contributed by atoms with Crippen LogP contribution in [0, 0.1) is 0 Å². The van der Waals surface area contributed by atoms with Crippen molar-refractivity contribution in [2.75, 3.05) is 20.3 Å². The highest BCUT2D eigenvalue weighted by Crippen LogP contribution is 2.44. The van der Waals surface area contributed by atoms with Crippen LogP contribution < -0.4 is 24.4 Å². The molecule has 1 aliphatic heterocycles. The molecule has 0 radical (unpaired) electrons. The van der Waals surface area contributed by atoms with Crippen molar-refractivity contribution in [3.05, 3.63) is 64.3 Å². The Morgan fingerprint density at radius 3 is 2.45 bits per heavy atom. The van der Waals surface area contributed by atoms with Crippen molar-refractivity contribution >= 4 is 11.0 Å². The van der Waals surface area contributed by atoms with Gasteiger partial charge in [-0.15, -0.1) is 0 Å². The van der Waals surface area contributed by atoms with Crippen molar-refractivity contribution in [2.24, 2.45) is 0 Å². The van der Waals surface area contributed by atoms with E-state index < -0.39 is 23.4 Å². The summed E-state index contributed by atoms with van der Waals surface area (Å²) in [7, 11) is 1.43. The van der Waals surface area contributed by atoms with E-state index in [0.29, 0.717) is 23.5 Å². The summed E-state index contributed by atoms with van der Waals surface area (Å²) in [5.41, 5.74) is 0.267. The van der Waals surface area contributed by atoms with Gasteiger partial charge in [0.25, 0.3) is 0 Å². The summed E-state index contributed by atoms with van der Waals surface area (Å²) in [5, 5.41) is 41.3. The van der Waals surface area contributed by atoms with Gasteiger partial charge in [-0.05, 0) is 36.8 Å². The standard InChI is InChI=1S/C32H34O10/c1-3-4-5-6-7-12-39-25-15-20(34)16-26-28(25)29(36)30(37)32(42-26)19-9-11-22-24(14-19)41-31(27(17-33)40-22)18-8-10-21(35)23(13-18)38-2/h8-11,13-16,27,31,33-35,37H,3-7,12,17H2,1-2H3. The van der Waals surface area contributed by atoms with Crippen molar-refractivity contribution in [3.8, 4) is 51.6 Å². The minimum atomic E-state index is -0.761. The topological polar surface area (TPSA) is 148 Å². The van der Waals surface area contributed by atoms with Gasteiger partial charge in [0.2, 0.25) is 11.2 Å². The zero-order valence-electron chi connectivity index (χ0n) is 23.5. The Balaban J connectivity index is 1.47. The number of unbranched alkanes of at least 4 members (excludes halogenated alkanes) is 4. The summed E-state index contributed by atoms with van der Waals surface area (Å²) >= 11 is 0. The second-order valence-corrected chi connectivity index (χ2v) is 10.2. The number of fused-ring (bicyclic) bond motifs is 2. The van der Waals surface area contributed by atoms with E-state index in [1.807, 2.05) is 0 Å². The number of rotatable bonds is 11. The van der Waals surface area contributed by atoms with E-state index in [1.165, 1.54) is 25.3 Å². The highest BCUT2D eigenvalue weighted by molar-refractivity contribution is 5.88. The lowest BCUT2D eigenvalue weighted by Crippen LogP contribution is -2.36. The minimum Gasteiger partial charge on any atom is -0.508 e. The fraction of sp³-hybridized carbons (Fsp3) is 0.344. The molecular formula is C32H34O10. The number of aromatic hydroxyl groups is 3. The first kappa shape index (κ1) is 28.9. The van der Waals surface area contributed by atoms with Crippen LogP contribution >= 0.6 is 0 Å². The minimum absolute atomic E-state index is 0.0345. The van der Waals surface area contributed by atoms with Gasteiger partial charge in [-0.25, -0.2) is 0 Å². The van der Waals surface area contributed by atoms with Gasteiger partial charge in [0.15, 0.2) is 41.0 Å². The molecule has 0 saturated carbocycles. The number of hydrogen-bond acceptors (Lipinski definition) is 10. The third kappa shape index (κ3) is 5.75. The Labute approximate surface area is 242 Å². The van der Waals surface area contributed by atoms with E-state index in [-0.39, 0.29) is 52.1 Å². The molecule has 1 aliphatic rings. The molecular weight excluding hydrogens is 544 g/mol. The highest BCUT2D eigenvalue weighted by atomic mass is 16.6. The maximum atomic E-state index is 13.3. The summed E-state index contributed by atoms with van der Waals surface area (Å²) in [5.74, 6) is 0.0583. The zero-order valence-corrected chi connectivity index (χ0v) is 23.5. The van der Waals surface area contributed by atoms with E-state index in [4.69, 9.17) is 23.4 Å². The Morgan fingerprint density at radius 1 is 0.881 bits per heavy atom. The summed E-state index contributed by atoms with van der Waals surface area (Å²) in [6, 6.07) is 12.0. The molecule has 5 rings (SSSR count). The molecule has 10 heteroatoms. The normalized spacial score (nSPS) is 16.0. The molecule has 0 spiro atoms. The van der Waals surface area contributed by atoms with Gasteiger partial charge in [0.05, 0.1) is 20.3 Å². The molecule has 1 aromatic heterocycles. The third-order valence-corrected chi connectivity index (χ3v) is 7.21. The molecule has 0 bridgehead atoms. The summed E-state index contributed by atoms with van der Waals surface area (Å²) in [6.45, 7) is 2.15. The smallest absolute Gasteiger partial charge is 0.238 e. The fourth-order valence-corrected chi connectivity index (χ4v) is 5.02. The molecule has 2 heterocycles. The maximum Gasteiger partial charge on any atom is 0.238 e. The average molecular weight is 579 g/mol. The highest BCUT2D eigenvalue weighted by Gasteiger charge is 2.34. The number of methoxy groups -OCH3 is 1. The van der Waals surface area contributed by atoms with Crippen molar-refractivity contribution < 1.29 is 43.8 Å². The van der Waals surface area contributed by atoms with Crippen LogP contribution in [0.4, 0.5) is 0 Å². The predicted octanol–water partition coefficient (Wildman–Crippen LogP) is 5.81. The molecule has 10 nitrogen and oxygen atoms in total. The van der Waals surface area contributed by atoms with E-state index in [0.717, 1.165) is 32.1 Å². The molecule has 2 unspecified atom stereocenters. The molecule has 4 aromatic rings. The van der Waals surface area contributed by atoms with Gasteiger partial charge < -0.3 is 43.8 Å². The van der Waals surface area contributed by atoms with E-state index in [9.17, 15) is 25.2 Å². The Kier molecular flexibility index (Phi) is 8.63. The fourth-order valence-electron chi connectivity index (χ4n) is 5.02. The monoisotopic (exact) mass is 578 g/mol. The molecule has 0 fully saturated rings. The lowest BCUT2D eigenvalue weighted by atomic mass is 10.0. The van der Waals surface area contributed by atoms with Crippen molar-refractivity contribution in [3.63, 3.8) is 0 Å². The average Bonchev–Trinajstić information content (AvgIpc) is 2.99. The first-order chi connectivity index (χ1) is 20.3. The van der Waals surface area contributed by atoms with Gasteiger partial charge in [-0.1, -0.05) is 38.7 Å². The van der Waals surface area contributed by atoms with Gasteiger partial charge in [0.1, 0.15) is 22.5 Å². The van der Waals surface area contributed by atoms with Crippen LogP contribution in [-0.2, 0) is 0 Å². The summed E-state index contributed by atoms with van der Waals surface area (Å²) < 4.78 is 29.2. The van der Waals surface area contributed by atoms with Gasteiger partial charge in [-0.2, -0.15) is 0 Å². The molecule has 0 saturated heterocycles. The SMILES string of the molecule is CCCCCCCOc1cc(O)cc2oc(-c3ccc4c(c3)OC(c3ccc(O)c(OC)c3)C(CO)O4)c(O)c(=O)c12. The summed E-state index contributed by atoms with van der Waals surface area (Å²) in [4.78, 5) is 13.3. The Morgan fingerprint density at radius 2 is 1.69 bits per heavy atom. The van der Waals surface area contributed by atoms with Crippen LogP contribution in [0.25, 0.3) is 22.3 Å². The van der Waals surface area contributed by atoms with Crippen molar-refractivity contribution in [1.29, 1.82) is 0 Å². The first-order valence-corrected chi connectivity index (χ1v) is 14.0. The van der Waals surface area contributed by atoms with Crippen LogP contribution in [-0.4, -0.2) is 46.9 Å². The molecule has 0 amide bonds. The van der Waals surface area contributed by atoms with Crippen LogP contribution in [0.1, 0.15) is 50.7 Å². The maximum absolute atomic E-state index is 13.3. The largest absolute Gasteiger partial charge is 0.508 e. The number of hydrogen-bond donors (Lipinski definition) is 4. The molecule has 4 N–H and O–H groups in total. The number of aliphatic hydroxyl groups excluding tert-OH is 1. The van der Waals surface area contributed by atoms with Gasteiger partial charge >= 0.3 is 0 Å². The van der Waals surface area contributed by atoms with E-state index in [2.05, 4.69) is 6.92 Å². The Bertz CT molecular complexity index is 1630. The number of ether oxygens (including phenoxy) is 4. The van der Waals surface area contributed by atoms with E-state index in [1.54, 1.807) is 30.3 Å². The number of phenolic OH excluding ortho intramolecular Hbond substituents is 2. The molecule has 42 heavy (non-hydrogen) atoms. The zero-order chi connectivity index (χ0) is 29.8. The van der Waals surface area contributed by atoms with Gasteiger partial charge in [0, 0.05) is 23.3 Å². The van der Waals surface area contributed by atoms with Crippen LogP contribution in [0.5, 0.6) is 40.2 Å². The predicted molar refractivity (Wildman–Crippen MR) is 155 cm³/mol. The number of benzene rings is 3. The second kappa shape index (κ2) is 12.5. The lowest BCUT2D eigenvalue weighted by Gasteiger charge is -2.33. The Hall–Kier alpha value is -4.57. The molecule has 3 aromatic carbocycles. The van der Waals surface area contributed by atoms with Crippen LogP contribution in [0.2, 0.25) is 0 Å². The first-order valence-electron chi connectivity index (χ1n) is 14.0. The molecule has 222 valence electrons. The molecule has 0 aliphatic carbocycles. The van der Waals surface area contributed by atoms with E-state index >= 15 is 0 Å². The van der Waals surface area contributed by atoms with Crippen molar-refractivity contribution in [1.82, 2.24) is 0 Å². The van der Waals surface area contributed by atoms with Crippen molar-refractivity contribution in [2.45, 2.75) is 51.2 Å². The summed E-state index contributed by atoms with van der Waals surface area (Å²) in [6.07, 6.45) is 3.62. The quantitative estimate of drug-likeness (QED) is 0.161. The van der Waals surface area contributed by atoms with Crippen LogP contribution in [0.15, 0.2) is 57.7 Å². The third-order valence-electron chi connectivity index (χ3n) is 7.21. The van der Waals surface area contributed by atoms with Gasteiger partial charge in [-0.3, -0.25) is 4.79 Å². The number of phenols is 2. The molecule has 2 atom stereocenters.